The number of carbonyl (C=O) groups is 2. The smallest absolute Gasteiger partial charge is 0.253 e. The third-order valence-electron chi connectivity index (χ3n) is 6.02. The van der Waals surface area contributed by atoms with Gasteiger partial charge in [0.1, 0.15) is 5.60 Å². The molecule has 3 aromatic heterocycles. The molecule has 0 bridgehead atoms. The van der Waals surface area contributed by atoms with Gasteiger partial charge in [-0.3, -0.25) is 14.3 Å². The average Bonchev–Trinajstić information content (AvgIpc) is 3.40. The van der Waals surface area contributed by atoms with E-state index in [-0.39, 0.29) is 18.0 Å². The van der Waals surface area contributed by atoms with Gasteiger partial charge < -0.3 is 21.1 Å². The molecule has 10 heteroatoms. The van der Waals surface area contributed by atoms with Gasteiger partial charge in [-0.05, 0) is 46.6 Å². The highest BCUT2D eigenvalue weighted by molar-refractivity contribution is 6.02. The molecule has 4 N–H and O–H groups in total. The number of nitrogens with zero attached hydrogens (tertiary/aromatic N) is 5. The van der Waals surface area contributed by atoms with Crippen molar-refractivity contribution in [2.24, 2.45) is 5.73 Å². The minimum Gasteiger partial charge on any atom is -0.381 e. The van der Waals surface area contributed by atoms with Gasteiger partial charge in [0.15, 0.2) is 0 Å². The van der Waals surface area contributed by atoms with Crippen LogP contribution in [0.3, 0.4) is 0 Å². The van der Waals surface area contributed by atoms with Crippen LogP contribution in [0.15, 0.2) is 30.9 Å². The molecule has 10 nitrogen and oxygen atoms in total. The first-order valence-corrected chi connectivity index (χ1v) is 11.2. The van der Waals surface area contributed by atoms with Crippen LogP contribution in [-0.4, -0.2) is 65.9 Å². The predicted molar refractivity (Wildman–Crippen MR) is 125 cm³/mol. The molecule has 0 spiro atoms. The highest BCUT2D eigenvalue weighted by Crippen LogP contribution is 2.30. The van der Waals surface area contributed by atoms with E-state index in [9.17, 15) is 14.7 Å². The lowest BCUT2D eigenvalue weighted by Crippen LogP contribution is -2.50. The molecule has 0 aliphatic carbocycles. The standard InChI is InChI=1S/C23H31N7O3/c1-14(2)29-13-16(10-25-29)15-9-19-20(18(21(24)31)11-26-30(19)12-15)27-17-5-7-28(8-6-17)22(32)23(3,4)33/h9-14,17,27,33H,5-8H2,1-4H3,(H2,24,31). The number of aromatic nitrogens is 4. The van der Waals surface area contributed by atoms with Crippen LogP contribution >= 0.6 is 0 Å². The zero-order valence-electron chi connectivity index (χ0n) is 19.4. The Morgan fingerprint density at radius 2 is 1.85 bits per heavy atom. The number of nitrogens with one attached hydrogen (secondary N) is 1. The molecule has 4 heterocycles. The van der Waals surface area contributed by atoms with Crippen molar-refractivity contribution in [2.75, 3.05) is 18.4 Å². The molecule has 0 saturated carbocycles. The van der Waals surface area contributed by atoms with E-state index >= 15 is 0 Å². The lowest BCUT2D eigenvalue weighted by molar-refractivity contribution is -0.148. The van der Waals surface area contributed by atoms with E-state index in [1.54, 1.807) is 9.42 Å². The molecule has 33 heavy (non-hydrogen) atoms. The quantitative estimate of drug-likeness (QED) is 0.524. The van der Waals surface area contributed by atoms with E-state index in [4.69, 9.17) is 5.73 Å². The van der Waals surface area contributed by atoms with Crippen molar-refractivity contribution in [1.29, 1.82) is 0 Å². The number of aliphatic hydroxyl groups is 1. The van der Waals surface area contributed by atoms with Crippen molar-refractivity contribution < 1.29 is 14.7 Å². The maximum Gasteiger partial charge on any atom is 0.253 e. The molecule has 2 amide bonds. The summed E-state index contributed by atoms with van der Waals surface area (Å²) in [5.74, 6) is -0.833. The molecular formula is C23H31N7O3. The van der Waals surface area contributed by atoms with E-state index in [0.717, 1.165) is 16.6 Å². The van der Waals surface area contributed by atoms with E-state index in [2.05, 4.69) is 29.4 Å². The Hall–Kier alpha value is -3.40. The lowest BCUT2D eigenvalue weighted by Gasteiger charge is -2.36. The number of rotatable bonds is 6. The molecule has 3 aromatic rings. The first-order valence-electron chi connectivity index (χ1n) is 11.2. The molecular weight excluding hydrogens is 422 g/mol. The van der Waals surface area contributed by atoms with Gasteiger partial charge in [-0.25, -0.2) is 4.52 Å². The second-order valence-corrected chi connectivity index (χ2v) is 9.43. The topological polar surface area (TPSA) is 131 Å². The summed E-state index contributed by atoms with van der Waals surface area (Å²) in [6, 6.07) is 2.26. The molecule has 1 aliphatic heterocycles. The summed E-state index contributed by atoms with van der Waals surface area (Å²) in [6.45, 7) is 8.18. The van der Waals surface area contributed by atoms with Crippen LogP contribution in [0.25, 0.3) is 16.6 Å². The molecule has 1 aliphatic rings. The van der Waals surface area contributed by atoms with Gasteiger partial charge in [-0.2, -0.15) is 10.2 Å². The normalized spacial score (nSPS) is 15.4. The summed E-state index contributed by atoms with van der Waals surface area (Å²) in [7, 11) is 0. The van der Waals surface area contributed by atoms with Crippen molar-refractivity contribution >= 4 is 23.0 Å². The van der Waals surface area contributed by atoms with Crippen LogP contribution in [0, 0.1) is 0 Å². The SMILES string of the molecule is CC(C)n1cc(-c2cc3c(NC4CCN(C(=O)C(C)(C)O)CC4)c(C(N)=O)cnn3c2)cn1. The molecule has 0 aromatic carbocycles. The summed E-state index contributed by atoms with van der Waals surface area (Å²) < 4.78 is 3.62. The summed E-state index contributed by atoms with van der Waals surface area (Å²) in [5, 5.41) is 22.3. The lowest BCUT2D eigenvalue weighted by atomic mass is 10.0. The number of carbonyl (C=O) groups excluding carboxylic acids is 2. The zero-order chi connectivity index (χ0) is 23.9. The Labute approximate surface area is 192 Å². The Bertz CT molecular complexity index is 1180. The van der Waals surface area contributed by atoms with E-state index in [1.165, 1.54) is 20.0 Å². The van der Waals surface area contributed by atoms with Gasteiger partial charge in [-0.15, -0.1) is 0 Å². The average molecular weight is 454 g/mol. The van der Waals surface area contributed by atoms with Gasteiger partial charge in [-0.1, -0.05) is 0 Å². The molecule has 4 rings (SSSR count). The van der Waals surface area contributed by atoms with Gasteiger partial charge in [0, 0.05) is 48.7 Å². The minimum absolute atomic E-state index is 0.0437. The number of fused-ring (bicyclic) bond motifs is 1. The highest BCUT2D eigenvalue weighted by Gasteiger charge is 2.32. The number of likely N-dealkylation sites (tertiary alicyclic amines) is 1. The fourth-order valence-corrected chi connectivity index (χ4v) is 4.14. The molecule has 0 radical (unpaired) electrons. The number of piperidine rings is 1. The summed E-state index contributed by atoms with van der Waals surface area (Å²) in [6.07, 6.45) is 8.54. The van der Waals surface area contributed by atoms with E-state index in [0.29, 0.717) is 37.2 Å². The Morgan fingerprint density at radius 3 is 2.42 bits per heavy atom. The first-order chi connectivity index (χ1) is 15.5. The Kier molecular flexibility index (Phi) is 5.87. The zero-order valence-corrected chi connectivity index (χ0v) is 19.4. The van der Waals surface area contributed by atoms with Crippen LogP contribution in [0.4, 0.5) is 5.69 Å². The summed E-state index contributed by atoms with van der Waals surface area (Å²) >= 11 is 0. The molecule has 1 fully saturated rings. The number of anilines is 1. The minimum atomic E-state index is -1.39. The third kappa shape index (κ3) is 4.56. The van der Waals surface area contributed by atoms with Crippen molar-refractivity contribution in [3.05, 3.63) is 36.4 Å². The molecule has 0 atom stereocenters. The fraction of sp³-hybridized carbons (Fsp3) is 0.478. The Morgan fingerprint density at radius 1 is 1.15 bits per heavy atom. The van der Waals surface area contributed by atoms with Crippen molar-refractivity contribution in [2.45, 2.75) is 58.2 Å². The van der Waals surface area contributed by atoms with Gasteiger partial charge >= 0.3 is 0 Å². The number of hydrogen-bond acceptors (Lipinski definition) is 6. The van der Waals surface area contributed by atoms with Crippen LogP contribution in [-0.2, 0) is 4.79 Å². The van der Waals surface area contributed by atoms with Crippen LogP contribution in [0.2, 0.25) is 0 Å². The maximum atomic E-state index is 12.4. The molecule has 0 unspecified atom stereocenters. The number of nitrogens with two attached hydrogens (primary N) is 1. The second kappa shape index (κ2) is 8.51. The largest absolute Gasteiger partial charge is 0.381 e. The number of primary amides is 1. The van der Waals surface area contributed by atoms with Crippen LogP contribution in [0.1, 0.15) is 56.9 Å². The summed E-state index contributed by atoms with van der Waals surface area (Å²) in [4.78, 5) is 26.2. The van der Waals surface area contributed by atoms with E-state index < -0.39 is 11.5 Å². The fourth-order valence-electron chi connectivity index (χ4n) is 4.14. The van der Waals surface area contributed by atoms with Crippen LogP contribution in [0.5, 0.6) is 0 Å². The molecule has 1 saturated heterocycles. The van der Waals surface area contributed by atoms with Gasteiger partial charge in [0.05, 0.1) is 29.2 Å². The van der Waals surface area contributed by atoms with Crippen molar-refractivity contribution in [3.8, 4) is 11.1 Å². The predicted octanol–water partition coefficient (Wildman–Crippen LogP) is 2.05. The maximum absolute atomic E-state index is 12.4. The number of hydrogen-bond donors (Lipinski definition) is 3. The van der Waals surface area contributed by atoms with Crippen LogP contribution < -0.4 is 11.1 Å². The Balaban J connectivity index is 1.61. The third-order valence-corrected chi connectivity index (χ3v) is 6.02. The monoisotopic (exact) mass is 453 g/mol. The molecule has 176 valence electrons. The van der Waals surface area contributed by atoms with Crippen molar-refractivity contribution in [1.82, 2.24) is 24.3 Å². The van der Waals surface area contributed by atoms with E-state index in [1.807, 2.05) is 29.3 Å². The van der Waals surface area contributed by atoms with Crippen molar-refractivity contribution in [3.63, 3.8) is 0 Å². The number of amides is 2. The van der Waals surface area contributed by atoms with Gasteiger partial charge in [0.2, 0.25) is 0 Å². The highest BCUT2D eigenvalue weighted by atomic mass is 16.3. The van der Waals surface area contributed by atoms with Gasteiger partial charge in [0.25, 0.3) is 11.8 Å². The summed E-state index contributed by atoms with van der Waals surface area (Å²) in [5.41, 5.74) is 7.85. The first kappa shape index (κ1) is 22.8. The second-order valence-electron chi connectivity index (χ2n) is 9.43.